The number of amides is 1. The van der Waals surface area contributed by atoms with Crippen molar-refractivity contribution in [1.82, 2.24) is 10.2 Å². The molecule has 1 fully saturated rings. The second-order valence-corrected chi connectivity index (χ2v) is 6.25. The zero-order chi connectivity index (χ0) is 15.0. The van der Waals surface area contributed by atoms with Gasteiger partial charge >= 0.3 is 0 Å². The highest BCUT2D eigenvalue weighted by atomic mass is 16.2. The minimum absolute atomic E-state index is 0.0463. The Morgan fingerprint density at radius 2 is 1.75 bits per heavy atom. The predicted octanol–water partition coefficient (Wildman–Crippen LogP) is 3.93. The fraction of sp³-hybridized carbons (Fsp3) is 0.941. The van der Waals surface area contributed by atoms with Gasteiger partial charge in [0.15, 0.2) is 0 Å². The van der Waals surface area contributed by atoms with E-state index in [9.17, 15) is 4.79 Å². The van der Waals surface area contributed by atoms with Crippen molar-refractivity contribution in [3.8, 4) is 0 Å². The normalized spacial score (nSPS) is 24.4. The van der Waals surface area contributed by atoms with E-state index in [1.807, 2.05) is 0 Å². The average molecular weight is 282 g/mol. The molecule has 0 radical (unpaired) electrons. The summed E-state index contributed by atoms with van der Waals surface area (Å²) >= 11 is 0. The van der Waals surface area contributed by atoms with Crippen LogP contribution in [0.15, 0.2) is 0 Å². The first-order valence-electron chi connectivity index (χ1n) is 8.72. The molecule has 0 aromatic rings. The molecule has 0 saturated carbocycles. The quantitative estimate of drug-likeness (QED) is 0.616. The van der Waals surface area contributed by atoms with Crippen LogP contribution in [-0.2, 0) is 4.79 Å². The van der Waals surface area contributed by atoms with Gasteiger partial charge in [-0.3, -0.25) is 10.1 Å². The summed E-state index contributed by atoms with van der Waals surface area (Å²) in [5.41, 5.74) is 0. The lowest BCUT2D eigenvalue weighted by Gasteiger charge is -2.23. The molecule has 0 aliphatic carbocycles. The molecule has 0 spiro atoms. The first kappa shape index (κ1) is 17.5. The molecule has 3 heteroatoms. The average Bonchev–Trinajstić information content (AvgIpc) is 2.78. The molecule has 0 aromatic carbocycles. The molecule has 0 aromatic heterocycles. The van der Waals surface area contributed by atoms with Crippen LogP contribution < -0.4 is 5.32 Å². The molecule has 3 nitrogen and oxygen atoms in total. The summed E-state index contributed by atoms with van der Waals surface area (Å²) in [4.78, 5) is 14.6. The van der Waals surface area contributed by atoms with Crippen molar-refractivity contribution in [3.05, 3.63) is 0 Å². The summed E-state index contributed by atoms with van der Waals surface area (Å²) in [6.07, 6.45) is 10.0. The molecule has 3 atom stereocenters. The molecular weight excluding hydrogens is 248 g/mol. The Balaban J connectivity index is 2.37. The maximum Gasteiger partial charge on any atom is 0.241 e. The van der Waals surface area contributed by atoms with Gasteiger partial charge in [-0.2, -0.15) is 0 Å². The van der Waals surface area contributed by atoms with E-state index in [-0.39, 0.29) is 12.2 Å². The third-order valence-corrected chi connectivity index (χ3v) is 4.65. The Morgan fingerprint density at radius 1 is 1.10 bits per heavy atom. The lowest BCUT2D eigenvalue weighted by atomic mass is 9.99. The van der Waals surface area contributed by atoms with E-state index >= 15 is 0 Å². The summed E-state index contributed by atoms with van der Waals surface area (Å²) < 4.78 is 0. The zero-order valence-electron chi connectivity index (χ0n) is 14.0. The van der Waals surface area contributed by atoms with Gasteiger partial charge in [0.25, 0.3) is 0 Å². The summed E-state index contributed by atoms with van der Waals surface area (Å²) in [7, 11) is 0. The minimum atomic E-state index is 0.0463. The molecule has 1 saturated heterocycles. The van der Waals surface area contributed by atoms with Crippen LogP contribution in [0.25, 0.3) is 0 Å². The largest absolute Gasteiger partial charge is 0.326 e. The summed E-state index contributed by atoms with van der Waals surface area (Å²) in [5.74, 6) is 0.769. The molecule has 1 N–H and O–H groups in total. The van der Waals surface area contributed by atoms with Crippen molar-refractivity contribution in [2.75, 3.05) is 6.54 Å². The van der Waals surface area contributed by atoms with E-state index in [0.717, 1.165) is 25.8 Å². The molecule has 1 aliphatic heterocycles. The Hall–Kier alpha value is -0.570. The maximum atomic E-state index is 12.5. The SMILES string of the molecule is CCCCCCCCN1C(=O)C(C(C)CC)NC1CC. The minimum Gasteiger partial charge on any atom is -0.326 e. The highest BCUT2D eigenvalue weighted by Gasteiger charge is 2.39. The van der Waals surface area contributed by atoms with Crippen molar-refractivity contribution < 1.29 is 4.79 Å². The van der Waals surface area contributed by atoms with E-state index < -0.39 is 0 Å². The highest BCUT2D eigenvalue weighted by molar-refractivity contribution is 5.84. The van der Waals surface area contributed by atoms with Crippen LogP contribution in [0.1, 0.15) is 79.1 Å². The fourth-order valence-electron chi connectivity index (χ4n) is 3.01. The van der Waals surface area contributed by atoms with E-state index in [2.05, 4.69) is 37.9 Å². The molecule has 1 amide bonds. The van der Waals surface area contributed by atoms with Gasteiger partial charge in [0.05, 0.1) is 12.2 Å². The molecule has 20 heavy (non-hydrogen) atoms. The maximum absolute atomic E-state index is 12.5. The Morgan fingerprint density at radius 3 is 2.35 bits per heavy atom. The molecular formula is C17H34N2O. The van der Waals surface area contributed by atoms with Crippen LogP contribution in [0.3, 0.4) is 0 Å². The van der Waals surface area contributed by atoms with Gasteiger partial charge in [-0.15, -0.1) is 0 Å². The predicted molar refractivity (Wildman–Crippen MR) is 85.5 cm³/mol. The lowest BCUT2D eigenvalue weighted by molar-refractivity contribution is -0.131. The van der Waals surface area contributed by atoms with Crippen molar-refractivity contribution in [2.45, 2.75) is 91.3 Å². The topological polar surface area (TPSA) is 32.3 Å². The number of nitrogens with zero attached hydrogens (tertiary/aromatic N) is 1. The van der Waals surface area contributed by atoms with Gasteiger partial charge in [-0.25, -0.2) is 0 Å². The van der Waals surface area contributed by atoms with Crippen LogP contribution in [0.5, 0.6) is 0 Å². The number of nitrogens with one attached hydrogen (secondary N) is 1. The molecule has 3 unspecified atom stereocenters. The number of hydrogen-bond acceptors (Lipinski definition) is 2. The Labute approximate surface area is 125 Å². The number of hydrogen-bond donors (Lipinski definition) is 1. The summed E-state index contributed by atoms with van der Waals surface area (Å²) in [5, 5.41) is 3.53. The third kappa shape index (κ3) is 4.76. The van der Waals surface area contributed by atoms with E-state index in [1.54, 1.807) is 0 Å². The van der Waals surface area contributed by atoms with Gasteiger partial charge < -0.3 is 4.90 Å². The third-order valence-electron chi connectivity index (χ3n) is 4.65. The molecule has 1 rings (SSSR count). The first-order valence-corrected chi connectivity index (χ1v) is 8.72. The van der Waals surface area contributed by atoms with Gasteiger partial charge in [0.1, 0.15) is 0 Å². The molecule has 0 bridgehead atoms. The number of rotatable bonds is 10. The van der Waals surface area contributed by atoms with Crippen LogP contribution in [0.2, 0.25) is 0 Å². The number of carbonyl (C=O) groups is 1. The van der Waals surface area contributed by atoms with Crippen molar-refractivity contribution in [1.29, 1.82) is 0 Å². The Kier molecular flexibility index (Phi) is 8.20. The van der Waals surface area contributed by atoms with Crippen molar-refractivity contribution in [3.63, 3.8) is 0 Å². The Bertz CT molecular complexity index is 280. The van der Waals surface area contributed by atoms with Gasteiger partial charge in [-0.1, -0.05) is 66.2 Å². The monoisotopic (exact) mass is 282 g/mol. The van der Waals surface area contributed by atoms with E-state index in [0.29, 0.717) is 11.8 Å². The fourth-order valence-corrected chi connectivity index (χ4v) is 3.01. The van der Waals surface area contributed by atoms with E-state index in [4.69, 9.17) is 0 Å². The van der Waals surface area contributed by atoms with Gasteiger partial charge in [0, 0.05) is 6.54 Å². The first-order chi connectivity index (χ1) is 9.65. The van der Waals surface area contributed by atoms with Crippen LogP contribution in [-0.4, -0.2) is 29.6 Å². The zero-order valence-corrected chi connectivity index (χ0v) is 14.0. The number of carbonyl (C=O) groups excluding carboxylic acids is 1. The standard InChI is InChI=1S/C17H34N2O/c1-5-8-9-10-11-12-13-19-15(7-3)18-16(17(19)20)14(4)6-2/h14-16,18H,5-13H2,1-4H3. The smallest absolute Gasteiger partial charge is 0.241 e. The number of unbranched alkanes of at least 4 members (excludes halogenated alkanes) is 5. The van der Waals surface area contributed by atoms with Gasteiger partial charge in [-0.05, 0) is 18.8 Å². The van der Waals surface area contributed by atoms with Gasteiger partial charge in [0.2, 0.25) is 5.91 Å². The molecule has 1 aliphatic rings. The molecule has 1 heterocycles. The summed E-state index contributed by atoms with van der Waals surface area (Å²) in [6, 6.07) is 0.0463. The van der Waals surface area contributed by atoms with E-state index in [1.165, 1.54) is 32.1 Å². The lowest BCUT2D eigenvalue weighted by Crippen LogP contribution is -2.37. The van der Waals surface area contributed by atoms with Crippen LogP contribution in [0, 0.1) is 5.92 Å². The summed E-state index contributed by atoms with van der Waals surface area (Å²) in [6.45, 7) is 9.69. The second kappa shape index (κ2) is 9.38. The van der Waals surface area contributed by atoms with Crippen LogP contribution >= 0.6 is 0 Å². The highest BCUT2D eigenvalue weighted by Crippen LogP contribution is 2.21. The van der Waals surface area contributed by atoms with Crippen LogP contribution in [0.4, 0.5) is 0 Å². The second-order valence-electron chi connectivity index (χ2n) is 6.25. The van der Waals surface area contributed by atoms with Crippen molar-refractivity contribution in [2.24, 2.45) is 5.92 Å². The molecule has 118 valence electrons. The van der Waals surface area contributed by atoms with Crippen molar-refractivity contribution >= 4 is 5.91 Å².